The highest BCUT2D eigenvalue weighted by atomic mass is 35.5. The van der Waals surface area contributed by atoms with Gasteiger partial charge in [-0.05, 0) is 61.9 Å². The molecule has 0 aliphatic rings. The molecule has 0 spiro atoms. The van der Waals surface area contributed by atoms with Crippen LogP contribution in [-0.4, -0.2) is 59.3 Å². The van der Waals surface area contributed by atoms with E-state index in [0.717, 1.165) is 0 Å². The molecule has 0 radical (unpaired) electrons. The molecule has 4 rings (SSSR count). The first-order valence-corrected chi connectivity index (χ1v) is 17.6. The van der Waals surface area contributed by atoms with Crippen molar-refractivity contribution in [2.24, 2.45) is 4.36 Å². The number of anilines is 4. The summed E-state index contributed by atoms with van der Waals surface area (Å²) in [7, 11) is -7.09. The minimum atomic E-state index is -4.01. The summed E-state index contributed by atoms with van der Waals surface area (Å²) in [4.78, 5) is 21.0. The Morgan fingerprint density at radius 3 is 2.44 bits per heavy atom. The maximum absolute atomic E-state index is 13.1. The van der Waals surface area contributed by atoms with Gasteiger partial charge in [-0.1, -0.05) is 47.5 Å². The summed E-state index contributed by atoms with van der Waals surface area (Å²) in [5.74, 6) is 0.581. The number of amides is 1. The molecule has 4 aromatic rings. The van der Waals surface area contributed by atoms with Crippen LogP contribution >= 0.6 is 23.2 Å². The Morgan fingerprint density at radius 1 is 1.04 bits per heavy atom. The second kappa shape index (κ2) is 14.4. The lowest BCUT2D eigenvalue weighted by Gasteiger charge is -2.17. The van der Waals surface area contributed by atoms with Crippen molar-refractivity contribution >= 4 is 72.2 Å². The van der Waals surface area contributed by atoms with Gasteiger partial charge >= 0.3 is 6.09 Å². The third-order valence-electron chi connectivity index (χ3n) is 6.14. The first kappa shape index (κ1) is 33.9. The number of hydrogen-bond acceptors (Lipinski definition) is 10. The Balaban J connectivity index is 1.61. The molecule has 1 aromatic heterocycles. The van der Waals surface area contributed by atoms with Crippen LogP contribution in [-0.2, 0) is 24.5 Å². The molecule has 0 saturated carbocycles. The van der Waals surface area contributed by atoms with E-state index in [1.807, 2.05) is 0 Å². The first-order valence-electron chi connectivity index (χ1n) is 13.4. The van der Waals surface area contributed by atoms with Crippen molar-refractivity contribution in [2.75, 3.05) is 34.8 Å². The summed E-state index contributed by atoms with van der Waals surface area (Å²) in [6, 6.07) is 17.0. The van der Waals surface area contributed by atoms with E-state index in [2.05, 4.69) is 29.7 Å². The molecule has 0 saturated heterocycles. The Morgan fingerprint density at radius 2 is 1.76 bits per heavy atom. The number of aromatic nitrogens is 2. The molecule has 12 nitrogen and oxygen atoms in total. The number of hydrogen-bond donors (Lipinski definition) is 4. The fourth-order valence-electron chi connectivity index (χ4n) is 3.95. The fourth-order valence-corrected chi connectivity index (χ4v) is 6.89. The van der Waals surface area contributed by atoms with Gasteiger partial charge in [-0.25, -0.2) is 22.4 Å². The van der Waals surface area contributed by atoms with Crippen molar-refractivity contribution < 1.29 is 27.3 Å². The molecule has 3 aromatic carbocycles. The summed E-state index contributed by atoms with van der Waals surface area (Å²) >= 11 is 12.1. The molecule has 0 aliphatic heterocycles. The molecular formula is C29H30Cl2N6O6S2. The first-order chi connectivity index (χ1) is 21.3. The normalized spacial score (nSPS) is 13.3. The highest BCUT2D eigenvalue weighted by Gasteiger charge is 2.20. The van der Waals surface area contributed by atoms with Crippen LogP contribution in [0.3, 0.4) is 0 Å². The summed E-state index contributed by atoms with van der Waals surface area (Å²) in [5, 5.41) is 15.9. The number of aliphatic hydroxyl groups is 1. The van der Waals surface area contributed by atoms with Crippen molar-refractivity contribution in [1.82, 2.24) is 9.97 Å². The predicted molar refractivity (Wildman–Crippen MR) is 176 cm³/mol. The quantitative estimate of drug-likeness (QED) is 0.138. The van der Waals surface area contributed by atoms with Gasteiger partial charge in [0.1, 0.15) is 10.7 Å². The van der Waals surface area contributed by atoms with Crippen LogP contribution in [0.15, 0.2) is 87.1 Å². The number of benzene rings is 3. The molecule has 0 aliphatic carbocycles. The number of ether oxygens (including phenoxy) is 1. The minimum absolute atomic E-state index is 0.0791. The maximum atomic E-state index is 13.1. The van der Waals surface area contributed by atoms with Gasteiger partial charge in [0, 0.05) is 40.3 Å². The van der Waals surface area contributed by atoms with E-state index < -0.39 is 25.8 Å². The monoisotopic (exact) mass is 692 g/mol. The van der Waals surface area contributed by atoms with Crippen LogP contribution in [0.1, 0.15) is 13.8 Å². The van der Waals surface area contributed by atoms with Gasteiger partial charge in [0.25, 0.3) is 10.0 Å². The molecule has 45 heavy (non-hydrogen) atoms. The van der Waals surface area contributed by atoms with E-state index in [-0.39, 0.29) is 45.8 Å². The van der Waals surface area contributed by atoms with Crippen LogP contribution in [0.25, 0.3) is 11.1 Å². The third-order valence-corrected chi connectivity index (χ3v) is 10.1. The fraction of sp³-hybridized carbons (Fsp3) is 0.207. The zero-order chi connectivity index (χ0) is 32.8. The number of nitrogens with one attached hydrogen (secondary N) is 3. The number of nitrogens with zero attached hydrogens (tertiary/aromatic N) is 3. The summed E-state index contributed by atoms with van der Waals surface area (Å²) in [6.07, 6.45) is 2.00. The van der Waals surface area contributed by atoms with E-state index in [9.17, 15) is 22.5 Å². The lowest BCUT2D eigenvalue weighted by atomic mass is 10.1. The summed E-state index contributed by atoms with van der Waals surface area (Å²) in [6.45, 7) is 3.34. The number of sulfonamides is 1. The predicted octanol–water partition coefficient (Wildman–Crippen LogP) is 6.40. The average Bonchev–Trinajstić information content (AvgIpc) is 2.99. The zero-order valence-corrected chi connectivity index (χ0v) is 27.5. The topological polar surface area (TPSA) is 172 Å². The highest BCUT2D eigenvalue weighted by molar-refractivity contribution is 7.93. The largest absolute Gasteiger partial charge is 0.448 e. The lowest BCUT2D eigenvalue weighted by molar-refractivity contribution is 0.164. The van der Waals surface area contributed by atoms with Gasteiger partial charge in [-0.15, -0.1) is 4.36 Å². The van der Waals surface area contributed by atoms with Crippen molar-refractivity contribution in [3.63, 3.8) is 0 Å². The molecule has 0 fully saturated rings. The number of halogens is 2. The van der Waals surface area contributed by atoms with Gasteiger partial charge in [-0.3, -0.25) is 4.72 Å². The number of carbonyl (C=O) groups excluding carboxylic acids is 1. The Bertz CT molecular complexity index is 1930. The molecule has 238 valence electrons. The smallest absolute Gasteiger partial charge is 0.442 e. The number of rotatable bonds is 11. The van der Waals surface area contributed by atoms with E-state index in [1.54, 1.807) is 68.6 Å². The van der Waals surface area contributed by atoms with Crippen molar-refractivity contribution in [1.29, 1.82) is 0 Å². The molecule has 16 heteroatoms. The number of carbonyl (C=O) groups is 1. The Kier molecular flexibility index (Phi) is 10.9. The van der Waals surface area contributed by atoms with Crippen LogP contribution in [0, 0.1) is 0 Å². The van der Waals surface area contributed by atoms with Gasteiger partial charge in [-0.2, -0.15) is 4.98 Å². The van der Waals surface area contributed by atoms with Crippen molar-refractivity contribution in [3.8, 4) is 11.1 Å². The molecule has 4 N–H and O–H groups in total. The molecule has 1 amide bonds. The Labute approximate surface area is 271 Å². The third kappa shape index (κ3) is 8.61. The SMILES string of the molecule is CCOC(=O)N=S(C)(=O)c1cccc(Nc2ncc(-c3ccc(NS(=O)(=O)c4cccc(Cl)c4Cl)cc3)c(N[C@H](C)CO)n2)c1. The van der Waals surface area contributed by atoms with Gasteiger partial charge in [0.2, 0.25) is 5.95 Å². The molecule has 0 bridgehead atoms. The van der Waals surface area contributed by atoms with Crippen molar-refractivity contribution in [3.05, 3.63) is 83.0 Å². The molecule has 2 atom stereocenters. The van der Waals surface area contributed by atoms with E-state index in [0.29, 0.717) is 27.5 Å². The van der Waals surface area contributed by atoms with Crippen LogP contribution in [0.4, 0.5) is 27.9 Å². The van der Waals surface area contributed by atoms with Crippen molar-refractivity contribution in [2.45, 2.75) is 29.7 Å². The van der Waals surface area contributed by atoms with E-state index in [4.69, 9.17) is 27.9 Å². The molecular weight excluding hydrogens is 663 g/mol. The number of aliphatic hydroxyl groups excluding tert-OH is 1. The Hall–Kier alpha value is -3.95. The van der Waals surface area contributed by atoms with Gasteiger partial charge in [0.15, 0.2) is 0 Å². The van der Waals surface area contributed by atoms with E-state index >= 15 is 0 Å². The summed E-state index contributed by atoms with van der Waals surface area (Å²) < 4.78 is 49.9. The maximum Gasteiger partial charge on any atom is 0.442 e. The standard InChI is InChI=1S/C29H30Cl2N6O6S2/c1-4-43-29(39)37-44(3,40)22-8-5-7-21(15-22)34-28-32-16-23(27(35-28)33-18(2)17-38)19-11-13-20(14-12-19)36-45(41,42)25-10-6-9-24(30)26(25)31/h5-16,18,36,38H,4,17H2,1-3H3,(H2,32,33,34,35)/t18-,44?/m1/s1. The van der Waals surface area contributed by atoms with Crippen LogP contribution in [0.5, 0.6) is 0 Å². The average molecular weight is 694 g/mol. The summed E-state index contributed by atoms with van der Waals surface area (Å²) in [5.41, 5.74) is 2.01. The van der Waals surface area contributed by atoms with Gasteiger partial charge < -0.3 is 20.5 Å². The zero-order valence-electron chi connectivity index (χ0n) is 24.3. The lowest BCUT2D eigenvalue weighted by Crippen LogP contribution is -2.21. The van der Waals surface area contributed by atoms with E-state index in [1.165, 1.54) is 24.5 Å². The highest BCUT2D eigenvalue weighted by Crippen LogP contribution is 2.32. The van der Waals surface area contributed by atoms with Gasteiger partial charge in [0.05, 0.1) is 33.0 Å². The van der Waals surface area contributed by atoms with Crippen LogP contribution in [0.2, 0.25) is 10.0 Å². The van der Waals surface area contributed by atoms with Crippen LogP contribution < -0.4 is 15.4 Å². The molecule has 1 heterocycles. The molecule has 1 unspecified atom stereocenters. The minimum Gasteiger partial charge on any atom is -0.448 e. The second-order valence-corrected chi connectivity index (χ2v) is 14.4. The second-order valence-electron chi connectivity index (χ2n) is 9.66.